The number of amides is 1. The zero-order valence-corrected chi connectivity index (χ0v) is 20.2. The number of piperazine rings is 1. The van der Waals surface area contributed by atoms with E-state index in [1.165, 1.54) is 12.1 Å². The Hall–Kier alpha value is -2.17. The fraction of sp³-hybridized carbons (Fsp3) is 0.200. The van der Waals surface area contributed by atoms with Gasteiger partial charge in [-0.3, -0.25) is 14.9 Å². The molecule has 7 nitrogen and oxygen atoms in total. The number of hydrogen-bond donors (Lipinski definition) is 1. The molecule has 1 aromatic heterocycles. The van der Waals surface area contributed by atoms with Gasteiger partial charge in [0.25, 0.3) is 11.6 Å². The van der Waals surface area contributed by atoms with Gasteiger partial charge in [-0.05, 0) is 30.4 Å². The molecule has 0 saturated carbocycles. The van der Waals surface area contributed by atoms with Gasteiger partial charge in [0.2, 0.25) is 0 Å². The number of nitro groups is 1. The first-order chi connectivity index (χ1) is 15.3. The van der Waals surface area contributed by atoms with E-state index in [-0.39, 0.29) is 11.6 Å². The number of nitrogens with zero attached hydrogens (tertiary/aromatic N) is 3. The Kier molecular flexibility index (Phi) is 6.73. The monoisotopic (exact) mass is 528 g/mol. The van der Waals surface area contributed by atoms with E-state index in [2.05, 4.69) is 5.32 Å². The van der Waals surface area contributed by atoms with Gasteiger partial charge in [-0.2, -0.15) is 0 Å². The van der Waals surface area contributed by atoms with Crippen LogP contribution in [0.1, 0.15) is 9.67 Å². The molecular weight excluding hydrogens is 515 g/mol. The molecule has 3 aromatic rings. The van der Waals surface area contributed by atoms with E-state index in [0.717, 1.165) is 11.3 Å². The van der Waals surface area contributed by atoms with Crippen LogP contribution in [0.25, 0.3) is 10.1 Å². The maximum atomic E-state index is 13.1. The Bertz CT molecular complexity index is 1240. The molecule has 2 heterocycles. The van der Waals surface area contributed by atoms with Crippen LogP contribution < -0.4 is 5.32 Å². The van der Waals surface area contributed by atoms with Gasteiger partial charge in [0.05, 0.1) is 25.7 Å². The number of benzene rings is 2. The zero-order valence-electron chi connectivity index (χ0n) is 16.3. The Morgan fingerprint density at radius 3 is 2.44 bits per heavy atom. The molecule has 1 amide bonds. The molecule has 1 aliphatic rings. The molecule has 1 saturated heterocycles. The predicted molar refractivity (Wildman–Crippen MR) is 134 cm³/mol. The average Bonchev–Trinajstić information content (AvgIpc) is 3.12. The number of nitrogens with one attached hydrogen (secondary N) is 1. The number of thiophene rings is 1. The molecule has 4 rings (SSSR count). The largest absolute Gasteiger partial charge is 0.345 e. The third-order valence-corrected chi connectivity index (χ3v) is 7.89. The highest BCUT2D eigenvalue weighted by Crippen LogP contribution is 2.38. The lowest BCUT2D eigenvalue weighted by Crippen LogP contribution is -2.51. The summed E-state index contributed by atoms with van der Waals surface area (Å²) in [6.45, 7) is 1.97. The second-order valence-corrected chi connectivity index (χ2v) is 9.60. The van der Waals surface area contributed by atoms with Crippen LogP contribution in [-0.2, 0) is 0 Å². The third-order valence-electron chi connectivity index (χ3n) is 5.07. The molecule has 1 fully saturated rings. The lowest BCUT2D eigenvalue weighted by atomic mass is 10.2. The molecule has 1 aliphatic heterocycles. The average molecular weight is 530 g/mol. The van der Waals surface area contributed by atoms with Gasteiger partial charge < -0.3 is 15.1 Å². The van der Waals surface area contributed by atoms with Crippen molar-refractivity contribution in [3.05, 3.63) is 66.5 Å². The van der Waals surface area contributed by atoms with Crippen LogP contribution in [0.3, 0.4) is 0 Å². The second kappa shape index (κ2) is 9.36. The van der Waals surface area contributed by atoms with Gasteiger partial charge in [-0.1, -0.05) is 40.9 Å². The molecular formula is C20H15Cl3N4O3S2. The van der Waals surface area contributed by atoms with Crippen molar-refractivity contribution in [1.29, 1.82) is 0 Å². The molecule has 0 spiro atoms. The molecule has 2 aromatic carbocycles. The van der Waals surface area contributed by atoms with E-state index in [1.807, 2.05) is 4.90 Å². The van der Waals surface area contributed by atoms with Crippen LogP contribution in [0.5, 0.6) is 0 Å². The van der Waals surface area contributed by atoms with E-state index in [4.69, 9.17) is 47.0 Å². The molecule has 0 unspecified atom stereocenters. The standard InChI is InChI=1S/C20H15Cl3N4O3S2/c21-13-2-1-3-14(17(13)23)24-20(31)26-8-6-25(7-9-26)19(28)18-16(22)12-5-4-11(27(29)30)10-15(12)32-18/h1-5,10H,6-9H2,(H,24,31). The highest BCUT2D eigenvalue weighted by atomic mass is 35.5. The minimum atomic E-state index is -0.471. The van der Waals surface area contributed by atoms with Crippen molar-refractivity contribution in [3.63, 3.8) is 0 Å². The summed E-state index contributed by atoms with van der Waals surface area (Å²) >= 11 is 25.3. The van der Waals surface area contributed by atoms with E-state index in [1.54, 1.807) is 29.2 Å². The Labute approximate surface area is 207 Å². The summed E-state index contributed by atoms with van der Waals surface area (Å²) < 4.78 is 0.606. The summed E-state index contributed by atoms with van der Waals surface area (Å²) in [5, 5.41) is 16.4. The van der Waals surface area contributed by atoms with Crippen molar-refractivity contribution in [3.8, 4) is 0 Å². The first-order valence-corrected chi connectivity index (χ1v) is 11.8. The molecule has 0 aliphatic carbocycles. The van der Waals surface area contributed by atoms with Crippen molar-refractivity contribution < 1.29 is 9.72 Å². The summed E-state index contributed by atoms with van der Waals surface area (Å²) in [7, 11) is 0. The third kappa shape index (κ3) is 4.49. The molecule has 166 valence electrons. The topological polar surface area (TPSA) is 78.7 Å². The number of hydrogen-bond acceptors (Lipinski definition) is 5. The van der Waals surface area contributed by atoms with Gasteiger partial charge in [-0.15, -0.1) is 11.3 Å². The number of carbonyl (C=O) groups excluding carboxylic acids is 1. The van der Waals surface area contributed by atoms with E-state index >= 15 is 0 Å². The minimum Gasteiger partial charge on any atom is -0.345 e. The Morgan fingerprint density at radius 1 is 1.06 bits per heavy atom. The van der Waals surface area contributed by atoms with Crippen LogP contribution in [0, 0.1) is 10.1 Å². The Morgan fingerprint density at radius 2 is 1.75 bits per heavy atom. The highest BCUT2D eigenvalue weighted by molar-refractivity contribution is 7.80. The van der Waals surface area contributed by atoms with Crippen LogP contribution in [0.15, 0.2) is 36.4 Å². The summed E-state index contributed by atoms with van der Waals surface area (Å²) in [5.74, 6) is -0.199. The van der Waals surface area contributed by atoms with Crippen molar-refractivity contribution in [2.24, 2.45) is 0 Å². The van der Waals surface area contributed by atoms with Gasteiger partial charge in [0.1, 0.15) is 4.88 Å². The van der Waals surface area contributed by atoms with Crippen LogP contribution in [0.2, 0.25) is 15.1 Å². The fourth-order valence-corrected chi connectivity index (χ4v) is 5.51. The highest BCUT2D eigenvalue weighted by Gasteiger charge is 2.27. The number of thiocarbonyl (C=S) groups is 1. The number of fused-ring (bicyclic) bond motifs is 1. The molecule has 0 bridgehead atoms. The van der Waals surface area contributed by atoms with Crippen molar-refractivity contribution in [2.45, 2.75) is 0 Å². The maximum absolute atomic E-state index is 13.1. The number of anilines is 1. The van der Waals surface area contributed by atoms with Crippen LogP contribution in [0.4, 0.5) is 11.4 Å². The lowest BCUT2D eigenvalue weighted by molar-refractivity contribution is -0.384. The molecule has 12 heteroatoms. The first-order valence-electron chi connectivity index (χ1n) is 9.42. The summed E-state index contributed by atoms with van der Waals surface area (Å²) in [6.07, 6.45) is 0. The van der Waals surface area contributed by atoms with E-state index < -0.39 is 4.92 Å². The summed E-state index contributed by atoms with van der Waals surface area (Å²) in [4.78, 5) is 27.7. The quantitative estimate of drug-likeness (QED) is 0.258. The fourth-order valence-electron chi connectivity index (χ4n) is 3.36. The molecule has 0 radical (unpaired) electrons. The second-order valence-electron chi connectivity index (χ2n) is 6.99. The number of carbonyl (C=O) groups is 1. The summed E-state index contributed by atoms with van der Waals surface area (Å²) in [5.41, 5.74) is 0.581. The number of nitro benzene ring substituents is 1. The van der Waals surface area contributed by atoms with Crippen LogP contribution in [-0.4, -0.2) is 51.9 Å². The first kappa shape index (κ1) is 23.0. The molecule has 32 heavy (non-hydrogen) atoms. The van der Waals surface area contributed by atoms with Gasteiger partial charge in [-0.25, -0.2) is 0 Å². The van der Waals surface area contributed by atoms with Gasteiger partial charge in [0, 0.05) is 48.4 Å². The van der Waals surface area contributed by atoms with Crippen molar-refractivity contribution in [2.75, 3.05) is 31.5 Å². The molecule has 1 N–H and O–H groups in total. The SMILES string of the molecule is O=C(c1sc2cc([N+](=O)[O-])ccc2c1Cl)N1CCN(C(=S)Nc2cccc(Cl)c2Cl)CC1. The Balaban J connectivity index is 1.43. The van der Waals surface area contributed by atoms with Gasteiger partial charge >= 0.3 is 0 Å². The van der Waals surface area contributed by atoms with Crippen LogP contribution >= 0.6 is 58.4 Å². The maximum Gasteiger partial charge on any atom is 0.270 e. The number of halogens is 3. The predicted octanol–water partition coefficient (Wildman–Crippen LogP) is 5.92. The molecule has 0 atom stereocenters. The lowest BCUT2D eigenvalue weighted by Gasteiger charge is -2.36. The van der Waals surface area contributed by atoms with Crippen molar-refractivity contribution in [1.82, 2.24) is 9.80 Å². The smallest absolute Gasteiger partial charge is 0.270 e. The van der Waals surface area contributed by atoms with Gasteiger partial charge in [0.15, 0.2) is 5.11 Å². The normalized spacial score (nSPS) is 14.0. The number of non-ortho nitro benzene ring substituents is 1. The van der Waals surface area contributed by atoms with E-state index in [0.29, 0.717) is 67.0 Å². The van der Waals surface area contributed by atoms with E-state index in [9.17, 15) is 14.9 Å². The minimum absolute atomic E-state index is 0.0381. The van der Waals surface area contributed by atoms with Crippen molar-refractivity contribution >= 4 is 90.8 Å². The summed E-state index contributed by atoms with van der Waals surface area (Å²) in [6, 6.07) is 9.65. The zero-order chi connectivity index (χ0) is 23.0. The number of rotatable bonds is 3.